The molecule has 3 rings (SSSR count). The maximum atomic E-state index is 12.5. The van der Waals surface area contributed by atoms with Crippen LogP contribution in [0.5, 0.6) is 0 Å². The lowest BCUT2D eigenvalue weighted by Crippen LogP contribution is -2.52. The number of hydrogen-bond donors (Lipinski definition) is 0. The van der Waals surface area contributed by atoms with E-state index in [0.717, 1.165) is 25.7 Å². The number of hydrogen-bond acceptors (Lipinski definition) is 2. The van der Waals surface area contributed by atoms with Crippen LogP contribution in [0.2, 0.25) is 0 Å². The highest BCUT2D eigenvalue weighted by molar-refractivity contribution is 5.77. The predicted octanol–water partition coefficient (Wildman–Crippen LogP) is 4.99. The third-order valence-electron chi connectivity index (χ3n) is 6.70. The maximum absolute atomic E-state index is 12.5. The molecule has 2 aliphatic carbocycles. The highest BCUT2D eigenvalue weighted by Gasteiger charge is 2.55. The third kappa shape index (κ3) is 2.42. The molecule has 0 bridgehead atoms. The Morgan fingerprint density at radius 2 is 2.00 bits per heavy atom. The van der Waals surface area contributed by atoms with Crippen LogP contribution in [-0.4, -0.2) is 13.1 Å². The Kier molecular flexibility index (Phi) is 4.06. The second kappa shape index (κ2) is 5.65. The number of methoxy groups -OCH3 is 1. The van der Waals surface area contributed by atoms with Gasteiger partial charge >= 0.3 is 5.97 Å². The number of esters is 1. The van der Waals surface area contributed by atoms with Gasteiger partial charge in [-0.1, -0.05) is 45.4 Å². The van der Waals surface area contributed by atoms with E-state index in [-0.39, 0.29) is 16.8 Å². The molecule has 0 spiro atoms. The van der Waals surface area contributed by atoms with Gasteiger partial charge in [-0.15, -0.1) is 0 Å². The Labute approximate surface area is 140 Å². The largest absolute Gasteiger partial charge is 0.469 e. The zero-order valence-electron chi connectivity index (χ0n) is 15.2. The first kappa shape index (κ1) is 16.5. The van der Waals surface area contributed by atoms with Gasteiger partial charge in [0.1, 0.15) is 0 Å². The normalized spacial score (nSPS) is 33.0. The highest BCUT2D eigenvalue weighted by Crippen LogP contribution is 2.57. The minimum Gasteiger partial charge on any atom is -0.469 e. The van der Waals surface area contributed by atoms with Gasteiger partial charge in [-0.25, -0.2) is 0 Å². The molecule has 3 atom stereocenters. The quantitative estimate of drug-likeness (QED) is 0.719. The summed E-state index contributed by atoms with van der Waals surface area (Å²) in [7, 11) is 1.53. The molecule has 2 nitrogen and oxygen atoms in total. The number of carbonyl (C=O) groups is 1. The Morgan fingerprint density at radius 3 is 2.65 bits per heavy atom. The van der Waals surface area contributed by atoms with E-state index in [0.29, 0.717) is 11.8 Å². The van der Waals surface area contributed by atoms with E-state index in [1.807, 2.05) is 0 Å². The molecule has 0 N–H and O–H groups in total. The Morgan fingerprint density at radius 1 is 1.26 bits per heavy atom. The number of ether oxygens (including phenoxy) is 1. The van der Waals surface area contributed by atoms with Crippen LogP contribution in [0.1, 0.15) is 76.0 Å². The van der Waals surface area contributed by atoms with Crippen molar-refractivity contribution in [2.75, 3.05) is 7.11 Å². The first-order valence-electron chi connectivity index (χ1n) is 9.04. The van der Waals surface area contributed by atoms with Crippen LogP contribution in [0.3, 0.4) is 0 Å². The molecule has 0 aromatic heterocycles. The van der Waals surface area contributed by atoms with Gasteiger partial charge in [0, 0.05) is 0 Å². The van der Waals surface area contributed by atoms with Crippen LogP contribution >= 0.6 is 0 Å². The summed E-state index contributed by atoms with van der Waals surface area (Å²) in [5.74, 6) is 0.932. The molecular formula is C21H30O2. The first-order chi connectivity index (χ1) is 10.8. The van der Waals surface area contributed by atoms with Gasteiger partial charge in [-0.2, -0.15) is 0 Å². The fourth-order valence-corrected chi connectivity index (χ4v) is 5.35. The summed E-state index contributed by atoms with van der Waals surface area (Å²) in [5, 5.41) is 0. The first-order valence-corrected chi connectivity index (χ1v) is 9.04. The lowest BCUT2D eigenvalue weighted by molar-refractivity contribution is -0.161. The molecular weight excluding hydrogens is 284 g/mol. The molecule has 1 fully saturated rings. The second-order valence-electron chi connectivity index (χ2n) is 8.34. The van der Waals surface area contributed by atoms with E-state index in [1.54, 1.807) is 0 Å². The van der Waals surface area contributed by atoms with Crippen molar-refractivity contribution in [3.63, 3.8) is 0 Å². The fourth-order valence-electron chi connectivity index (χ4n) is 5.35. The Hall–Kier alpha value is -1.31. The van der Waals surface area contributed by atoms with E-state index in [1.165, 1.54) is 30.2 Å². The summed E-state index contributed by atoms with van der Waals surface area (Å²) < 4.78 is 5.19. The van der Waals surface area contributed by atoms with Crippen LogP contribution in [0.4, 0.5) is 0 Å². The second-order valence-corrected chi connectivity index (χ2v) is 8.34. The van der Waals surface area contributed by atoms with Crippen molar-refractivity contribution in [2.45, 2.75) is 71.1 Å². The van der Waals surface area contributed by atoms with Crippen molar-refractivity contribution in [1.29, 1.82) is 0 Å². The zero-order valence-corrected chi connectivity index (χ0v) is 15.2. The summed E-state index contributed by atoms with van der Waals surface area (Å²) in [6.07, 6.45) is 5.42. The van der Waals surface area contributed by atoms with E-state index in [9.17, 15) is 4.79 Å². The minimum atomic E-state index is -0.337. The minimum absolute atomic E-state index is 0.0179. The molecule has 0 saturated heterocycles. The van der Waals surface area contributed by atoms with Crippen molar-refractivity contribution < 1.29 is 9.53 Å². The van der Waals surface area contributed by atoms with Gasteiger partial charge in [-0.3, -0.25) is 4.79 Å². The third-order valence-corrected chi connectivity index (χ3v) is 6.70. The average molecular weight is 314 g/mol. The number of aryl methyl sites for hydroxylation is 1. The SMILES string of the molecule is COC(=O)[C@]1(C)CCC[C@]2(C)c3ccc(C(C)C)cc3CCC12. The summed E-state index contributed by atoms with van der Waals surface area (Å²) in [4.78, 5) is 12.5. The topological polar surface area (TPSA) is 26.3 Å². The predicted molar refractivity (Wildman–Crippen MR) is 93.7 cm³/mol. The van der Waals surface area contributed by atoms with Gasteiger partial charge in [0.25, 0.3) is 0 Å². The number of benzene rings is 1. The van der Waals surface area contributed by atoms with Crippen LogP contribution in [0.15, 0.2) is 18.2 Å². The van der Waals surface area contributed by atoms with E-state index < -0.39 is 0 Å². The van der Waals surface area contributed by atoms with Gasteiger partial charge in [-0.05, 0) is 66.5 Å². The molecule has 1 aromatic carbocycles. The van der Waals surface area contributed by atoms with E-state index in [4.69, 9.17) is 4.74 Å². The van der Waals surface area contributed by atoms with Crippen molar-refractivity contribution in [3.8, 4) is 0 Å². The van der Waals surface area contributed by atoms with Crippen LogP contribution in [-0.2, 0) is 21.4 Å². The van der Waals surface area contributed by atoms with E-state index in [2.05, 4.69) is 45.9 Å². The zero-order chi connectivity index (χ0) is 16.8. The smallest absolute Gasteiger partial charge is 0.311 e. The molecule has 1 aromatic rings. The van der Waals surface area contributed by atoms with Crippen LogP contribution in [0.25, 0.3) is 0 Å². The average Bonchev–Trinajstić information content (AvgIpc) is 2.53. The van der Waals surface area contributed by atoms with Gasteiger partial charge in [0.15, 0.2) is 0 Å². The maximum Gasteiger partial charge on any atom is 0.311 e. The number of fused-ring (bicyclic) bond motifs is 3. The molecule has 126 valence electrons. The molecule has 23 heavy (non-hydrogen) atoms. The summed E-state index contributed by atoms with van der Waals surface area (Å²) >= 11 is 0. The van der Waals surface area contributed by atoms with Gasteiger partial charge in [0.05, 0.1) is 12.5 Å². The summed E-state index contributed by atoms with van der Waals surface area (Å²) in [5.41, 5.74) is 4.18. The van der Waals surface area contributed by atoms with Crippen LogP contribution < -0.4 is 0 Å². The van der Waals surface area contributed by atoms with E-state index >= 15 is 0 Å². The van der Waals surface area contributed by atoms with Crippen molar-refractivity contribution >= 4 is 5.97 Å². The standard InChI is InChI=1S/C21H30O2/c1-14(2)15-7-9-17-16(13-15)8-10-18-20(17,3)11-6-12-21(18,4)19(22)23-5/h7,9,13-14,18H,6,8,10-12H2,1-5H3/t18?,20-,21-/m1/s1. The molecule has 1 unspecified atom stereocenters. The molecule has 0 radical (unpaired) electrons. The van der Waals surface area contributed by atoms with Crippen molar-refractivity contribution in [3.05, 3.63) is 34.9 Å². The summed E-state index contributed by atoms with van der Waals surface area (Å²) in [6, 6.07) is 7.05. The fraction of sp³-hybridized carbons (Fsp3) is 0.667. The molecule has 2 heteroatoms. The summed E-state index contributed by atoms with van der Waals surface area (Å²) in [6.45, 7) is 9.02. The molecule has 1 saturated carbocycles. The van der Waals surface area contributed by atoms with Crippen molar-refractivity contribution in [1.82, 2.24) is 0 Å². The monoisotopic (exact) mass is 314 g/mol. The number of rotatable bonds is 2. The van der Waals surface area contributed by atoms with Crippen LogP contribution in [0, 0.1) is 11.3 Å². The molecule has 2 aliphatic rings. The Bertz CT molecular complexity index is 618. The molecule has 0 amide bonds. The van der Waals surface area contributed by atoms with Gasteiger partial charge in [0.2, 0.25) is 0 Å². The lowest BCUT2D eigenvalue weighted by atomic mass is 9.49. The molecule has 0 heterocycles. The lowest BCUT2D eigenvalue weighted by Gasteiger charge is -2.54. The highest BCUT2D eigenvalue weighted by atomic mass is 16.5. The molecule has 0 aliphatic heterocycles. The van der Waals surface area contributed by atoms with Gasteiger partial charge < -0.3 is 4.74 Å². The Balaban J connectivity index is 2.06. The van der Waals surface area contributed by atoms with Crippen molar-refractivity contribution in [2.24, 2.45) is 11.3 Å². The number of carbonyl (C=O) groups excluding carboxylic acids is 1.